The van der Waals surface area contributed by atoms with Gasteiger partial charge in [-0.15, -0.1) is 24.0 Å². The van der Waals surface area contributed by atoms with E-state index >= 15 is 0 Å². The molecule has 0 unspecified atom stereocenters. The molecule has 31 heavy (non-hydrogen) atoms. The summed E-state index contributed by atoms with van der Waals surface area (Å²) >= 11 is 0. The van der Waals surface area contributed by atoms with Crippen LogP contribution < -0.4 is 5.32 Å². The number of aliphatic imine (C=N–C) groups is 1. The number of amides is 1. The number of guanidine groups is 1. The van der Waals surface area contributed by atoms with E-state index in [0.29, 0.717) is 25.0 Å². The second-order valence-electron chi connectivity index (χ2n) is 8.38. The zero-order valence-corrected chi connectivity index (χ0v) is 21.3. The highest BCUT2D eigenvalue weighted by molar-refractivity contribution is 14.0. The van der Waals surface area contributed by atoms with Gasteiger partial charge < -0.3 is 19.9 Å². The van der Waals surface area contributed by atoms with Gasteiger partial charge in [0, 0.05) is 45.6 Å². The molecule has 0 atom stereocenters. The minimum Gasteiger partial charge on any atom is -0.444 e. The molecule has 0 aliphatic carbocycles. The highest BCUT2D eigenvalue weighted by Crippen LogP contribution is 2.20. The van der Waals surface area contributed by atoms with Crippen molar-refractivity contribution in [2.24, 2.45) is 10.9 Å². The van der Waals surface area contributed by atoms with Crippen molar-refractivity contribution in [3.63, 3.8) is 0 Å². The second-order valence-corrected chi connectivity index (χ2v) is 8.38. The standard InChI is InChI=1S/C20H34F2N6O2.HI/c1-6-26(19(29)30-20(2,3)4)14-15-7-10-27(11-8-15)18(23-5)25-13-16-24-9-12-28(16)17(21)22;/h9,12,15,17H,6-8,10-11,13-14H2,1-5H3,(H,23,25);1H. The van der Waals surface area contributed by atoms with Gasteiger partial charge in [0.05, 0.1) is 6.54 Å². The molecule has 1 N–H and O–H groups in total. The van der Waals surface area contributed by atoms with Crippen LogP contribution in [0.4, 0.5) is 13.6 Å². The fourth-order valence-electron chi connectivity index (χ4n) is 3.45. The van der Waals surface area contributed by atoms with Crippen LogP contribution in [0.25, 0.3) is 0 Å². The van der Waals surface area contributed by atoms with Gasteiger partial charge in [0.1, 0.15) is 11.4 Å². The van der Waals surface area contributed by atoms with Crippen LogP contribution in [0.2, 0.25) is 0 Å². The molecular weight excluding hydrogens is 521 g/mol. The monoisotopic (exact) mass is 556 g/mol. The lowest BCUT2D eigenvalue weighted by molar-refractivity contribution is 0.0214. The molecular formula is C20H35F2IN6O2. The van der Waals surface area contributed by atoms with E-state index in [0.717, 1.165) is 30.5 Å². The van der Waals surface area contributed by atoms with Crippen molar-refractivity contribution in [1.29, 1.82) is 0 Å². The van der Waals surface area contributed by atoms with Crippen molar-refractivity contribution in [3.05, 3.63) is 18.2 Å². The molecule has 1 saturated heterocycles. The number of aromatic nitrogens is 2. The van der Waals surface area contributed by atoms with Crippen molar-refractivity contribution < 1.29 is 18.3 Å². The van der Waals surface area contributed by atoms with Crippen LogP contribution in [0, 0.1) is 5.92 Å². The topological polar surface area (TPSA) is 75.0 Å². The largest absolute Gasteiger partial charge is 0.444 e. The predicted octanol–water partition coefficient (Wildman–Crippen LogP) is 3.94. The number of piperidine rings is 1. The molecule has 11 heteroatoms. The smallest absolute Gasteiger partial charge is 0.410 e. The molecule has 0 bridgehead atoms. The van der Waals surface area contributed by atoms with Gasteiger partial charge in [0.2, 0.25) is 0 Å². The van der Waals surface area contributed by atoms with E-state index in [1.54, 1.807) is 11.9 Å². The van der Waals surface area contributed by atoms with E-state index in [2.05, 4.69) is 20.2 Å². The number of nitrogens with one attached hydrogen (secondary N) is 1. The van der Waals surface area contributed by atoms with Crippen molar-refractivity contribution in [2.45, 2.75) is 59.2 Å². The number of hydrogen-bond acceptors (Lipinski definition) is 4. The Morgan fingerprint density at radius 2 is 2.03 bits per heavy atom. The molecule has 1 aromatic rings. The molecule has 1 aliphatic rings. The summed E-state index contributed by atoms with van der Waals surface area (Å²) in [6.45, 7) is 7.93. The number of ether oxygens (including phenoxy) is 1. The Balaban J connectivity index is 0.00000480. The lowest BCUT2D eigenvalue weighted by Crippen LogP contribution is -2.47. The van der Waals surface area contributed by atoms with Crippen LogP contribution in [0.5, 0.6) is 0 Å². The number of nitrogens with zero attached hydrogens (tertiary/aromatic N) is 5. The number of imidazole rings is 1. The van der Waals surface area contributed by atoms with Gasteiger partial charge in [-0.05, 0) is 46.5 Å². The summed E-state index contributed by atoms with van der Waals surface area (Å²) in [5.74, 6) is 1.30. The third-order valence-corrected chi connectivity index (χ3v) is 5.00. The van der Waals surface area contributed by atoms with Gasteiger partial charge >= 0.3 is 12.6 Å². The number of likely N-dealkylation sites (tertiary alicyclic amines) is 1. The first kappa shape index (κ1) is 27.4. The molecule has 2 rings (SSSR count). The maximum absolute atomic E-state index is 13.0. The number of rotatable bonds is 6. The number of alkyl halides is 2. The van der Waals surface area contributed by atoms with E-state index in [9.17, 15) is 13.6 Å². The number of carbonyl (C=O) groups is 1. The summed E-state index contributed by atoms with van der Waals surface area (Å²) in [6.07, 6.45) is 4.17. The Labute approximate surface area is 200 Å². The van der Waals surface area contributed by atoms with E-state index in [4.69, 9.17) is 4.74 Å². The van der Waals surface area contributed by atoms with Crippen LogP contribution in [-0.4, -0.2) is 70.2 Å². The Hall–Kier alpha value is -1.66. The highest BCUT2D eigenvalue weighted by atomic mass is 127. The van der Waals surface area contributed by atoms with Crippen LogP contribution in [0.15, 0.2) is 17.4 Å². The van der Waals surface area contributed by atoms with Crippen LogP contribution in [0.3, 0.4) is 0 Å². The lowest BCUT2D eigenvalue weighted by Gasteiger charge is -2.36. The molecule has 178 valence electrons. The maximum Gasteiger partial charge on any atom is 0.410 e. The third kappa shape index (κ3) is 8.41. The molecule has 1 aliphatic heterocycles. The molecule has 0 aromatic carbocycles. The van der Waals surface area contributed by atoms with E-state index in [-0.39, 0.29) is 42.4 Å². The maximum atomic E-state index is 13.0. The average Bonchev–Trinajstić information content (AvgIpc) is 3.15. The number of halogens is 3. The van der Waals surface area contributed by atoms with Gasteiger partial charge in [-0.25, -0.2) is 9.78 Å². The van der Waals surface area contributed by atoms with Gasteiger partial charge in [-0.1, -0.05) is 0 Å². The number of carbonyl (C=O) groups excluding carboxylic acids is 1. The molecule has 8 nitrogen and oxygen atoms in total. The van der Waals surface area contributed by atoms with Crippen molar-refractivity contribution in [1.82, 2.24) is 24.7 Å². The average molecular weight is 556 g/mol. The van der Waals surface area contributed by atoms with Crippen molar-refractivity contribution in [2.75, 3.05) is 33.2 Å². The van der Waals surface area contributed by atoms with Gasteiger partial charge in [0.15, 0.2) is 5.96 Å². The quantitative estimate of drug-likeness (QED) is 0.327. The van der Waals surface area contributed by atoms with Crippen molar-refractivity contribution >= 4 is 36.0 Å². The van der Waals surface area contributed by atoms with Gasteiger partial charge in [-0.3, -0.25) is 9.56 Å². The molecule has 1 fully saturated rings. The minimum atomic E-state index is -2.62. The summed E-state index contributed by atoms with van der Waals surface area (Å²) < 4.78 is 32.3. The molecule has 0 spiro atoms. The Morgan fingerprint density at radius 3 is 2.55 bits per heavy atom. The van der Waals surface area contributed by atoms with E-state index < -0.39 is 12.2 Å². The Kier molecular flexibility index (Phi) is 10.9. The third-order valence-electron chi connectivity index (χ3n) is 5.00. The lowest BCUT2D eigenvalue weighted by atomic mass is 9.96. The van der Waals surface area contributed by atoms with Crippen LogP contribution in [0.1, 0.15) is 52.9 Å². The summed E-state index contributed by atoms with van der Waals surface area (Å²) in [7, 11) is 1.68. The first-order valence-corrected chi connectivity index (χ1v) is 10.4. The molecule has 1 aromatic heterocycles. The number of hydrogen-bond donors (Lipinski definition) is 1. The van der Waals surface area contributed by atoms with Crippen molar-refractivity contribution in [3.8, 4) is 0 Å². The normalized spacial score (nSPS) is 15.6. The first-order chi connectivity index (χ1) is 14.1. The predicted molar refractivity (Wildman–Crippen MR) is 127 cm³/mol. The van der Waals surface area contributed by atoms with Crippen LogP contribution >= 0.6 is 24.0 Å². The van der Waals surface area contributed by atoms with Crippen LogP contribution in [-0.2, 0) is 11.3 Å². The SMILES string of the molecule is CCN(CC1CCN(C(=NC)NCc2nccn2C(F)F)CC1)C(=O)OC(C)(C)C.I. The molecule has 2 heterocycles. The van der Waals surface area contributed by atoms with Gasteiger partial charge in [-0.2, -0.15) is 8.78 Å². The fraction of sp³-hybridized carbons (Fsp3) is 0.750. The minimum absolute atomic E-state index is 0. The van der Waals surface area contributed by atoms with Gasteiger partial charge in [0.25, 0.3) is 0 Å². The first-order valence-electron chi connectivity index (χ1n) is 10.4. The molecule has 0 radical (unpaired) electrons. The summed E-state index contributed by atoms with van der Waals surface area (Å²) in [5, 5.41) is 3.12. The second kappa shape index (κ2) is 12.4. The molecule has 0 saturated carbocycles. The van der Waals surface area contributed by atoms with E-state index in [1.165, 1.54) is 12.4 Å². The summed E-state index contributed by atoms with van der Waals surface area (Å²) in [6, 6.07) is 0. The highest BCUT2D eigenvalue weighted by Gasteiger charge is 2.27. The molecule has 1 amide bonds. The zero-order chi connectivity index (χ0) is 22.3. The zero-order valence-electron chi connectivity index (χ0n) is 19.0. The summed E-state index contributed by atoms with van der Waals surface area (Å²) in [4.78, 5) is 24.5. The fourth-order valence-corrected chi connectivity index (χ4v) is 3.45. The summed E-state index contributed by atoms with van der Waals surface area (Å²) in [5.41, 5.74) is -0.509. The Morgan fingerprint density at radius 1 is 1.39 bits per heavy atom. The Bertz CT molecular complexity index is 715. The van der Waals surface area contributed by atoms with E-state index in [1.807, 2.05) is 27.7 Å².